The number of aryl methyl sites for hydroxylation is 2. The Balaban J connectivity index is 0.000000183. The standard InChI is InChI=1S/C29H24N3S.C19H20NSi.Ir/c1-18-12-17-22-21-8-7-9-23(26(21)33-28(22)30-18)27-31-24-10-5-6-11-25(24)32(27)20-15-13-19(14-16-20)29(2,3)4;1-14-11-18(20-13-19(14)21(2,3)4)17-10-9-15-7-5-6-8-16(15)12-17;/h5-8,10-17H,1-4H3;5-9,11-13H,1-4H3;/q2*-1;. The smallest absolute Gasteiger partial charge is 0.113 e. The van der Waals surface area contributed by atoms with Crippen LogP contribution < -0.4 is 5.19 Å². The molecule has 0 saturated carbocycles. The summed E-state index contributed by atoms with van der Waals surface area (Å²) in [5, 5.41) is 6.29. The molecule has 0 bridgehead atoms. The van der Waals surface area contributed by atoms with Crippen molar-refractivity contribution in [3.63, 3.8) is 0 Å². The van der Waals surface area contributed by atoms with Gasteiger partial charge in [0.2, 0.25) is 0 Å². The van der Waals surface area contributed by atoms with E-state index in [1.54, 1.807) is 11.3 Å². The van der Waals surface area contributed by atoms with Gasteiger partial charge in [0.05, 0.1) is 24.9 Å². The number of nitrogens with zero attached hydrogens (tertiary/aromatic N) is 4. The number of aromatic nitrogens is 4. The van der Waals surface area contributed by atoms with Crippen LogP contribution in [0.4, 0.5) is 0 Å². The molecular weight excluding hydrogens is 885 g/mol. The number of imidazole rings is 1. The summed E-state index contributed by atoms with van der Waals surface area (Å²) < 4.78 is 3.43. The molecule has 0 N–H and O–H groups in total. The number of hydrogen-bond acceptors (Lipinski definition) is 4. The molecule has 4 nitrogen and oxygen atoms in total. The predicted octanol–water partition coefficient (Wildman–Crippen LogP) is 12.4. The van der Waals surface area contributed by atoms with Crippen molar-refractivity contribution >= 4 is 66.7 Å². The van der Waals surface area contributed by atoms with Crippen molar-refractivity contribution in [3.8, 4) is 28.3 Å². The number of para-hydroxylation sites is 2. The van der Waals surface area contributed by atoms with E-state index in [1.807, 2.05) is 25.1 Å². The molecule has 4 heterocycles. The largest absolute Gasteiger partial charge is 0.333 e. The molecule has 0 amide bonds. The number of pyridine rings is 2. The van der Waals surface area contributed by atoms with E-state index in [1.165, 1.54) is 42.6 Å². The molecule has 9 rings (SSSR count). The minimum atomic E-state index is -1.32. The molecule has 0 saturated heterocycles. The zero-order valence-corrected chi connectivity index (χ0v) is 36.8. The average Bonchev–Trinajstić information content (AvgIpc) is 3.72. The van der Waals surface area contributed by atoms with Gasteiger partial charge in [-0.2, -0.15) is 11.3 Å². The summed E-state index contributed by atoms with van der Waals surface area (Å²) in [6, 6.07) is 47.3. The van der Waals surface area contributed by atoms with Gasteiger partial charge in [0, 0.05) is 37.7 Å². The Labute approximate surface area is 342 Å². The maximum Gasteiger partial charge on any atom is 0.113 e. The van der Waals surface area contributed by atoms with Crippen LogP contribution in [0.5, 0.6) is 0 Å². The Morgan fingerprint density at radius 1 is 0.745 bits per heavy atom. The predicted molar refractivity (Wildman–Crippen MR) is 233 cm³/mol. The molecule has 1 radical (unpaired) electrons. The van der Waals surface area contributed by atoms with E-state index in [9.17, 15) is 0 Å². The van der Waals surface area contributed by atoms with E-state index < -0.39 is 8.07 Å². The summed E-state index contributed by atoms with van der Waals surface area (Å²) in [6.45, 7) is 18.0. The van der Waals surface area contributed by atoms with Crippen LogP contribution >= 0.6 is 11.3 Å². The molecule has 0 spiro atoms. The Morgan fingerprint density at radius 2 is 1.47 bits per heavy atom. The van der Waals surface area contributed by atoms with Gasteiger partial charge < -0.3 is 9.55 Å². The Kier molecular flexibility index (Phi) is 10.5. The SMILES string of the molecule is Cc1cc(-c2[c-]cc3ccccc3c2)ncc1[Si](C)(C)C.Cc1ccc2c(n1)sc1c(-c3nc4ccccc4n3-c3ccc(C(C)(C)C)cc3)[c-]ccc12.[Ir]. The minimum Gasteiger partial charge on any atom is -0.333 e. The van der Waals surface area contributed by atoms with E-state index in [4.69, 9.17) is 9.97 Å². The van der Waals surface area contributed by atoms with Crippen molar-refractivity contribution in [1.29, 1.82) is 0 Å². The second-order valence-electron chi connectivity index (χ2n) is 16.2. The van der Waals surface area contributed by atoms with Crippen molar-refractivity contribution < 1.29 is 20.1 Å². The van der Waals surface area contributed by atoms with Gasteiger partial charge in [-0.05, 0) is 76.1 Å². The van der Waals surface area contributed by atoms with Gasteiger partial charge >= 0.3 is 0 Å². The molecule has 7 heteroatoms. The topological polar surface area (TPSA) is 43.6 Å². The molecule has 0 atom stereocenters. The molecule has 5 aromatic carbocycles. The van der Waals surface area contributed by atoms with Crippen LogP contribution in [-0.2, 0) is 25.5 Å². The maximum absolute atomic E-state index is 5.09. The van der Waals surface area contributed by atoms with E-state index in [-0.39, 0.29) is 25.5 Å². The van der Waals surface area contributed by atoms with Crippen LogP contribution in [0.15, 0.2) is 121 Å². The van der Waals surface area contributed by atoms with Gasteiger partial charge in [0.1, 0.15) is 4.83 Å². The molecule has 9 aromatic rings. The quantitative estimate of drug-likeness (QED) is 0.130. The van der Waals surface area contributed by atoms with Crippen LogP contribution in [0.25, 0.3) is 70.4 Å². The number of thiophene rings is 1. The van der Waals surface area contributed by atoms with Crippen molar-refractivity contribution in [3.05, 3.63) is 150 Å². The molecular formula is C48H44IrN4SSi-2. The molecule has 0 aliphatic heterocycles. The molecule has 0 fully saturated rings. The summed E-state index contributed by atoms with van der Waals surface area (Å²) in [5.74, 6) is 0.911. The van der Waals surface area contributed by atoms with Crippen LogP contribution in [0.1, 0.15) is 37.6 Å². The number of fused-ring (bicyclic) bond motifs is 5. The summed E-state index contributed by atoms with van der Waals surface area (Å²) in [7, 11) is -1.32. The average molecular weight is 929 g/mol. The fraction of sp³-hybridized carbons (Fsp3) is 0.188. The molecule has 4 aromatic heterocycles. The normalized spacial score (nSPS) is 11.9. The van der Waals surface area contributed by atoms with Crippen LogP contribution in [0, 0.1) is 26.0 Å². The molecule has 277 valence electrons. The van der Waals surface area contributed by atoms with Gasteiger partial charge in [-0.15, -0.1) is 47.3 Å². The van der Waals surface area contributed by atoms with Gasteiger partial charge in [-0.1, -0.05) is 123 Å². The first-order valence-electron chi connectivity index (χ1n) is 18.5. The van der Waals surface area contributed by atoms with Gasteiger partial charge in [0.15, 0.2) is 0 Å². The van der Waals surface area contributed by atoms with Crippen molar-refractivity contribution in [2.24, 2.45) is 0 Å². The van der Waals surface area contributed by atoms with Gasteiger partial charge in [-0.25, -0.2) is 4.98 Å². The first kappa shape index (κ1) is 38.5. The van der Waals surface area contributed by atoms with E-state index in [2.05, 4.69) is 172 Å². The second-order valence-corrected chi connectivity index (χ2v) is 22.2. The fourth-order valence-electron chi connectivity index (χ4n) is 7.21. The molecule has 55 heavy (non-hydrogen) atoms. The Bertz CT molecular complexity index is 2820. The third kappa shape index (κ3) is 7.59. The Morgan fingerprint density at radius 3 is 2.20 bits per heavy atom. The number of benzene rings is 5. The van der Waals surface area contributed by atoms with E-state index >= 15 is 0 Å². The first-order valence-corrected chi connectivity index (χ1v) is 22.8. The van der Waals surface area contributed by atoms with Gasteiger partial charge in [-0.3, -0.25) is 4.98 Å². The van der Waals surface area contributed by atoms with E-state index in [0.717, 1.165) is 49.9 Å². The second kappa shape index (κ2) is 15.0. The summed E-state index contributed by atoms with van der Waals surface area (Å²) >= 11 is 1.72. The minimum absolute atomic E-state index is 0. The summed E-state index contributed by atoms with van der Waals surface area (Å²) in [4.78, 5) is 15.6. The summed E-state index contributed by atoms with van der Waals surface area (Å²) in [5.41, 5.74) is 10.1. The van der Waals surface area contributed by atoms with Crippen LogP contribution in [0.2, 0.25) is 19.6 Å². The van der Waals surface area contributed by atoms with Gasteiger partial charge in [0.25, 0.3) is 0 Å². The fourth-order valence-corrected chi connectivity index (χ4v) is 10.1. The number of rotatable bonds is 4. The van der Waals surface area contributed by atoms with Crippen molar-refractivity contribution in [2.75, 3.05) is 0 Å². The first-order chi connectivity index (χ1) is 25.8. The zero-order chi connectivity index (χ0) is 37.8. The van der Waals surface area contributed by atoms with Crippen molar-refractivity contribution in [1.82, 2.24) is 19.5 Å². The Hall–Kier alpha value is -4.78. The number of hydrogen-bond donors (Lipinski definition) is 0. The molecule has 0 aliphatic rings. The maximum atomic E-state index is 5.09. The molecule has 0 unspecified atom stereocenters. The monoisotopic (exact) mass is 929 g/mol. The zero-order valence-electron chi connectivity index (χ0n) is 32.6. The third-order valence-corrected chi connectivity index (χ3v) is 13.4. The van der Waals surface area contributed by atoms with E-state index in [0.29, 0.717) is 0 Å². The van der Waals surface area contributed by atoms with Crippen molar-refractivity contribution in [2.45, 2.75) is 59.7 Å². The summed E-state index contributed by atoms with van der Waals surface area (Å²) in [6.07, 6.45) is 2.07. The van der Waals surface area contributed by atoms with Crippen LogP contribution in [-0.4, -0.2) is 27.6 Å². The molecule has 0 aliphatic carbocycles. The van der Waals surface area contributed by atoms with Crippen LogP contribution in [0.3, 0.4) is 0 Å². The third-order valence-electron chi connectivity index (χ3n) is 10.1.